The van der Waals surface area contributed by atoms with E-state index >= 15 is 0 Å². The van der Waals surface area contributed by atoms with Gasteiger partial charge >= 0.3 is 0 Å². The van der Waals surface area contributed by atoms with Crippen LogP contribution in [0.25, 0.3) is 0 Å². The van der Waals surface area contributed by atoms with Crippen LogP contribution in [0.15, 0.2) is 0 Å². The van der Waals surface area contributed by atoms with Gasteiger partial charge in [-0.25, -0.2) is 0 Å². The molecule has 4 heteroatoms. The highest BCUT2D eigenvalue weighted by atomic mass is 16.7. The fraction of sp³-hybridized carbons (Fsp3) is 1.00. The third kappa shape index (κ3) is 2.09. The molecule has 108 valence electrons. The van der Waals surface area contributed by atoms with Crippen molar-refractivity contribution < 1.29 is 14.7 Å². The van der Waals surface area contributed by atoms with Crippen LogP contribution in [0.1, 0.15) is 53.9 Å². The molecule has 1 rings (SSSR count). The lowest BCUT2D eigenvalue weighted by Gasteiger charge is -2.61. The highest BCUT2D eigenvalue weighted by Gasteiger charge is 2.60. The minimum atomic E-state index is -1.09. The third-order valence-corrected chi connectivity index (χ3v) is 4.88. The largest absolute Gasteiger partial charge is 0.365 e. The zero-order chi connectivity index (χ0) is 14.2. The monoisotopic (exact) mass is 259 g/mol. The summed E-state index contributed by atoms with van der Waals surface area (Å²) in [6, 6.07) is 0. The molecule has 1 aliphatic rings. The van der Waals surface area contributed by atoms with Crippen LogP contribution in [-0.2, 0) is 9.57 Å². The molecule has 1 heterocycles. The maximum Gasteiger partial charge on any atom is 0.171 e. The standard InChI is InChI=1S/C14H29NO3/c1-8-13(9-2)11(3)14(16,17-6)10-12(4,5)15(13)18-7/h11,16H,8-10H2,1-7H3. The number of rotatable bonds is 4. The summed E-state index contributed by atoms with van der Waals surface area (Å²) in [7, 11) is 3.30. The average molecular weight is 259 g/mol. The van der Waals surface area contributed by atoms with E-state index in [9.17, 15) is 5.11 Å². The summed E-state index contributed by atoms with van der Waals surface area (Å²) in [6.45, 7) is 10.5. The molecular formula is C14H29NO3. The molecule has 2 atom stereocenters. The molecule has 0 saturated carbocycles. The van der Waals surface area contributed by atoms with Crippen molar-refractivity contribution in [2.45, 2.75) is 70.7 Å². The van der Waals surface area contributed by atoms with Gasteiger partial charge in [0, 0.05) is 25.0 Å². The molecule has 1 fully saturated rings. The SMILES string of the molecule is CCC1(CC)C(C)C(O)(OC)CC(C)(C)N1OC. The highest BCUT2D eigenvalue weighted by molar-refractivity contribution is 5.07. The van der Waals surface area contributed by atoms with Gasteiger partial charge in [0.15, 0.2) is 5.79 Å². The number of hydrogen-bond acceptors (Lipinski definition) is 4. The summed E-state index contributed by atoms with van der Waals surface area (Å²) in [4.78, 5) is 5.68. The first-order valence-electron chi connectivity index (χ1n) is 6.86. The van der Waals surface area contributed by atoms with Crippen molar-refractivity contribution in [3.63, 3.8) is 0 Å². The molecule has 18 heavy (non-hydrogen) atoms. The molecule has 0 aliphatic carbocycles. The summed E-state index contributed by atoms with van der Waals surface area (Å²) in [5, 5.41) is 12.9. The lowest BCUT2D eigenvalue weighted by atomic mass is 9.66. The molecular weight excluding hydrogens is 230 g/mol. The van der Waals surface area contributed by atoms with Crippen LogP contribution in [-0.4, -0.2) is 41.3 Å². The molecule has 1 N–H and O–H groups in total. The van der Waals surface area contributed by atoms with Gasteiger partial charge in [-0.05, 0) is 26.7 Å². The number of hydroxylamine groups is 2. The molecule has 1 aliphatic heterocycles. The predicted octanol–water partition coefficient (Wildman–Crippen LogP) is 2.56. The molecule has 0 spiro atoms. The van der Waals surface area contributed by atoms with Gasteiger partial charge in [-0.3, -0.25) is 0 Å². The van der Waals surface area contributed by atoms with Gasteiger partial charge in [0.1, 0.15) is 0 Å². The van der Waals surface area contributed by atoms with Crippen molar-refractivity contribution in [2.75, 3.05) is 14.2 Å². The quantitative estimate of drug-likeness (QED) is 0.788. The van der Waals surface area contributed by atoms with Gasteiger partial charge in [-0.2, -0.15) is 5.06 Å². The van der Waals surface area contributed by atoms with Crippen molar-refractivity contribution >= 4 is 0 Å². The van der Waals surface area contributed by atoms with Gasteiger partial charge in [-0.15, -0.1) is 0 Å². The Labute approximate surface area is 111 Å². The molecule has 1 saturated heterocycles. The normalized spacial score (nSPS) is 35.7. The third-order valence-electron chi connectivity index (χ3n) is 4.88. The fourth-order valence-corrected chi connectivity index (χ4v) is 3.87. The summed E-state index contributed by atoms with van der Waals surface area (Å²) >= 11 is 0. The number of ether oxygens (including phenoxy) is 1. The molecule has 0 aromatic rings. The van der Waals surface area contributed by atoms with Crippen LogP contribution in [0.2, 0.25) is 0 Å². The van der Waals surface area contributed by atoms with E-state index in [1.54, 1.807) is 14.2 Å². The summed E-state index contributed by atoms with van der Waals surface area (Å²) in [6.07, 6.45) is 2.36. The zero-order valence-corrected chi connectivity index (χ0v) is 12.9. The van der Waals surface area contributed by atoms with Crippen molar-refractivity contribution in [1.29, 1.82) is 0 Å². The first kappa shape index (κ1) is 15.9. The Hall–Kier alpha value is -0.160. The van der Waals surface area contributed by atoms with Crippen molar-refractivity contribution in [3.05, 3.63) is 0 Å². The van der Waals surface area contributed by atoms with E-state index in [1.807, 2.05) is 0 Å². The maximum atomic E-state index is 10.8. The van der Waals surface area contributed by atoms with Crippen LogP contribution < -0.4 is 0 Å². The minimum absolute atomic E-state index is 0.0158. The van der Waals surface area contributed by atoms with Gasteiger partial charge in [0.05, 0.1) is 12.6 Å². The second-order valence-electron chi connectivity index (χ2n) is 6.05. The Bertz CT molecular complexity index is 289. The van der Waals surface area contributed by atoms with Gasteiger partial charge in [-0.1, -0.05) is 20.8 Å². The van der Waals surface area contributed by atoms with Crippen molar-refractivity contribution in [1.82, 2.24) is 5.06 Å². The van der Waals surface area contributed by atoms with Crippen LogP contribution >= 0.6 is 0 Å². The number of methoxy groups -OCH3 is 1. The molecule has 0 aromatic carbocycles. The maximum absolute atomic E-state index is 10.8. The fourth-order valence-electron chi connectivity index (χ4n) is 3.87. The van der Waals surface area contributed by atoms with Gasteiger partial charge in [0.2, 0.25) is 0 Å². The van der Waals surface area contributed by atoms with Crippen molar-refractivity contribution in [3.8, 4) is 0 Å². The summed E-state index contributed by atoms with van der Waals surface area (Å²) in [5.74, 6) is -1.11. The van der Waals surface area contributed by atoms with Gasteiger partial charge < -0.3 is 14.7 Å². The minimum Gasteiger partial charge on any atom is -0.365 e. The first-order valence-corrected chi connectivity index (χ1v) is 6.86. The number of nitrogens with zero attached hydrogens (tertiary/aromatic N) is 1. The second kappa shape index (κ2) is 5.08. The van der Waals surface area contributed by atoms with Crippen LogP contribution in [0, 0.1) is 5.92 Å². The summed E-state index contributed by atoms with van der Waals surface area (Å²) in [5.41, 5.74) is -0.473. The average Bonchev–Trinajstić information content (AvgIpc) is 2.33. The molecule has 0 radical (unpaired) electrons. The predicted molar refractivity (Wildman–Crippen MR) is 72.0 cm³/mol. The first-order chi connectivity index (χ1) is 8.24. The lowest BCUT2D eigenvalue weighted by molar-refractivity contribution is -0.367. The van der Waals surface area contributed by atoms with E-state index in [4.69, 9.17) is 9.57 Å². The van der Waals surface area contributed by atoms with E-state index in [-0.39, 0.29) is 17.0 Å². The van der Waals surface area contributed by atoms with E-state index in [0.29, 0.717) is 6.42 Å². The Morgan fingerprint density at radius 2 is 1.72 bits per heavy atom. The van der Waals surface area contributed by atoms with E-state index in [2.05, 4.69) is 39.7 Å². The smallest absolute Gasteiger partial charge is 0.171 e. The summed E-state index contributed by atoms with van der Waals surface area (Å²) < 4.78 is 5.45. The molecule has 0 bridgehead atoms. The molecule has 0 amide bonds. The van der Waals surface area contributed by atoms with E-state index in [0.717, 1.165) is 12.8 Å². The second-order valence-corrected chi connectivity index (χ2v) is 6.05. The van der Waals surface area contributed by atoms with Crippen molar-refractivity contribution in [2.24, 2.45) is 5.92 Å². The zero-order valence-electron chi connectivity index (χ0n) is 12.9. The Balaban J connectivity index is 3.32. The topological polar surface area (TPSA) is 41.9 Å². The van der Waals surface area contributed by atoms with E-state index < -0.39 is 5.79 Å². The van der Waals surface area contributed by atoms with Gasteiger partial charge in [0.25, 0.3) is 0 Å². The molecule has 4 nitrogen and oxygen atoms in total. The lowest BCUT2D eigenvalue weighted by Crippen LogP contribution is -2.71. The Kier molecular flexibility index (Phi) is 4.49. The van der Waals surface area contributed by atoms with Crippen LogP contribution in [0.3, 0.4) is 0 Å². The number of hydrogen-bond donors (Lipinski definition) is 1. The highest BCUT2D eigenvalue weighted by Crippen LogP contribution is 2.50. The number of aliphatic hydroxyl groups is 1. The van der Waals surface area contributed by atoms with E-state index in [1.165, 1.54) is 0 Å². The Morgan fingerprint density at radius 3 is 2.06 bits per heavy atom. The molecule has 0 aromatic heterocycles. The number of piperidine rings is 1. The van der Waals surface area contributed by atoms with Crippen LogP contribution in [0.4, 0.5) is 0 Å². The Morgan fingerprint density at radius 1 is 1.22 bits per heavy atom. The van der Waals surface area contributed by atoms with Crippen LogP contribution in [0.5, 0.6) is 0 Å². The molecule has 2 unspecified atom stereocenters.